The second kappa shape index (κ2) is 8.93. The van der Waals surface area contributed by atoms with E-state index in [9.17, 15) is 10.1 Å². The molecule has 0 bridgehead atoms. The molecule has 2 rings (SSSR count). The number of nitro groups is 1. The van der Waals surface area contributed by atoms with Gasteiger partial charge in [-0.05, 0) is 31.5 Å². The van der Waals surface area contributed by atoms with Gasteiger partial charge in [0.25, 0.3) is 5.69 Å². The molecule has 0 radical (unpaired) electrons. The molecule has 0 aliphatic heterocycles. The highest BCUT2D eigenvalue weighted by Gasteiger charge is 2.10. The number of benzene rings is 1. The van der Waals surface area contributed by atoms with Gasteiger partial charge in [-0.15, -0.1) is 12.6 Å². The summed E-state index contributed by atoms with van der Waals surface area (Å²) < 4.78 is 0. The minimum atomic E-state index is -0.437. The number of hydrogen-bond donors (Lipinski definition) is 2. The Bertz CT molecular complexity index is 373. The maximum Gasteiger partial charge on any atom is 0.269 e. The third kappa shape index (κ3) is 6.59. The van der Waals surface area contributed by atoms with Crippen LogP contribution in [-0.2, 0) is 0 Å². The van der Waals surface area contributed by atoms with E-state index in [1.807, 2.05) is 0 Å². The van der Waals surface area contributed by atoms with Crippen molar-refractivity contribution in [2.24, 2.45) is 0 Å². The molecule has 19 heavy (non-hydrogen) atoms. The molecule has 1 fully saturated rings. The largest absolute Gasteiger partial charge is 0.314 e. The highest BCUT2D eigenvalue weighted by molar-refractivity contribution is 7.80. The van der Waals surface area contributed by atoms with Gasteiger partial charge in [-0.2, -0.15) is 0 Å². The van der Waals surface area contributed by atoms with E-state index >= 15 is 0 Å². The fourth-order valence-electron chi connectivity index (χ4n) is 2.17. The number of nitrogens with one attached hydrogen (secondary N) is 1. The second-order valence-corrected chi connectivity index (χ2v) is 5.18. The van der Waals surface area contributed by atoms with Crippen LogP contribution in [0.2, 0.25) is 0 Å². The van der Waals surface area contributed by atoms with Crippen molar-refractivity contribution in [1.29, 1.82) is 0 Å². The number of rotatable bonds is 3. The summed E-state index contributed by atoms with van der Waals surface area (Å²) >= 11 is 3.98. The molecule has 1 N–H and O–H groups in total. The van der Waals surface area contributed by atoms with Crippen LogP contribution in [0.1, 0.15) is 39.0 Å². The van der Waals surface area contributed by atoms with Crippen LogP contribution in [0.25, 0.3) is 0 Å². The second-order valence-electron chi connectivity index (χ2n) is 4.67. The van der Waals surface area contributed by atoms with Crippen molar-refractivity contribution in [3.05, 3.63) is 34.4 Å². The van der Waals surface area contributed by atoms with E-state index in [2.05, 4.69) is 24.9 Å². The maximum absolute atomic E-state index is 10.1. The lowest BCUT2D eigenvalue weighted by Gasteiger charge is -2.21. The van der Waals surface area contributed by atoms with Crippen LogP contribution in [0.3, 0.4) is 0 Å². The molecule has 0 spiro atoms. The van der Waals surface area contributed by atoms with Crippen molar-refractivity contribution in [2.75, 3.05) is 6.54 Å². The Morgan fingerprint density at radius 2 is 1.84 bits per heavy atom. The number of nitrogens with zero attached hydrogens (tertiary/aromatic N) is 1. The molecule has 0 unspecified atom stereocenters. The number of hydrogen-bond acceptors (Lipinski definition) is 4. The Kier molecular flexibility index (Phi) is 7.52. The molecular weight excluding hydrogens is 260 g/mol. The summed E-state index contributed by atoms with van der Waals surface area (Å²) in [5, 5.41) is 13.6. The number of thiol groups is 1. The molecule has 1 aliphatic carbocycles. The zero-order chi connectivity index (χ0) is 14.1. The Hall–Kier alpha value is -1.07. The molecule has 106 valence electrons. The van der Waals surface area contributed by atoms with Crippen molar-refractivity contribution < 1.29 is 4.92 Å². The SMILES string of the molecule is CCNC1CCCCC1.O=[N+]([O-])c1ccc(S)cc1. The van der Waals surface area contributed by atoms with E-state index in [-0.39, 0.29) is 5.69 Å². The van der Waals surface area contributed by atoms with Crippen molar-refractivity contribution in [3.8, 4) is 0 Å². The van der Waals surface area contributed by atoms with E-state index in [0.29, 0.717) is 0 Å². The predicted molar refractivity (Wildman–Crippen MR) is 80.9 cm³/mol. The Morgan fingerprint density at radius 1 is 1.26 bits per heavy atom. The highest BCUT2D eigenvalue weighted by Crippen LogP contribution is 2.16. The first-order valence-electron chi connectivity index (χ1n) is 6.80. The molecule has 1 aliphatic rings. The van der Waals surface area contributed by atoms with Crippen LogP contribution < -0.4 is 5.32 Å². The molecule has 0 amide bonds. The Morgan fingerprint density at radius 3 is 2.32 bits per heavy atom. The van der Waals surface area contributed by atoms with E-state index in [1.165, 1.54) is 44.2 Å². The van der Waals surface area contributed by atoms with Crippen molar-refractivity contribution in [3.63, 3.8) is 0 Å². The van der Waals surface area contributed by atoms with Crippen LogP contribution in [-0.4, -0.2) is 17.5 Å². The van der Waals surface area contributed by atoms with Crippen LogP contribution in [0.5, 0.6) is 0 Å². The highest BCUT2D eigenvalue weighted by atomic mass is 32.1. The van der Waals surface area contributed by atoms with Crippen LogP contribution >= 0.6 is 12.6 Å². The van der Waals surface area contributed by atoms with E-state index in [1.54, 1.807) is 12.1 Å². The summed E-state index contributed by atoms with van der Waals surface area (Å²) in [4.78, 5) is 10.4. The number of nitro benzene ring substituents is 1. The van der Waals surface area contributed by atoms with Gasteiger partial charge in [0.15, 0.2) is 0 Å². The molecule has 0 heterocycles. The van der Waals surface area contributed by atoms with Crippen molar-refractivity contribution >= 4 is 18.3 Å². The third-order valence-corrected chi connectivity index (χ3v) is 3.46. The first kappa shape index (κ1) is 16.0. The van der Waals surface area contributed by atoms with Crippen LogP contribution in [0, 0.1) is 10.1 Å². The van der Waals surface area contributed by atoms with Gasteiger partial charge < -0.3 is 5.32 Å². The fraction of sp³-hybridized carbons (Fsp3) is 0.571. The van der Waals surface area contributed by atoms with Crippen LogP contribution in [0.15, 0.2) is 29.2 Å². The summed E-state index contributed by atoms with van der Waals surface area (Å²) in [5.41, 5.74) is 0.0952. The lowest BCUT2D eigenvalue weighted by molar-refractivity contribution is -0.384. The third-order valence-electron chi connectivity index (χ3n) is 3.16. The minimum Gasteiger partial charge on any atom is -0.314 e. The van der Waals surface area contributed by atoms with Gasteiger partial charge in [-0.1, -0.05) is 26.2 Å². The summed E-state index contributed by atoms with van der Waals surface area (Å²) in [7, 11) is 0. The predicted octanol–water partition coefficient (Wildman–Crippen LogP) is 3.81. The van der Waals surface area contributed by atoms with Gasteiger partial charge >= 0.3 is 0 Å². The summed E-state index contributed by atoms with van der Waals surface area (Å²) in [5.74, 6) is 0. The summed E-state index contributed by atoms with van der Waals surface area (Å²) in [6.45, 7) is 3.33. The van der Waals surface area contributed by atoms with Gasteiger partial charge in [-0.25, -0.2) is 0 Å². The van der Waals surface area contributed by atoms with Gasteiger partial charge in [0.05, 0.1) is 4.92 Å². The molecule has 5 heteroatoms. The summed E-state index contributed by atoms with van der Waals surface area (Å²) in [6, 6.07) is 6.86. The van der Waals surface area contributed by atoms with Gasteiger partial charge in [0, 0.05) is 23.1 Å². The lowest BCUT2D eigenvalue weighted by Crippen LogP contribution is -2.30. The Balaban J connectivity index is 0.000000191. The minimum absolute atomic E-state index is 0.0952. The standard InChI is InChI=1S/C8H17N.C6H5NO2S/c1-2-9-8-6-4-3-5-7-8;8-7(9)5-1-3-6(10)4-2-5/h8-9H,2-7H2,1H3;1-4,10H. The molecule has 1 saturated carbocycles. The molecule has 1 aromatic rings. The normalized spacial score (nSPS) is 15.5. The zero-order valence-corrected chi connectivity index (χ0v) is 12.2. The van der Waals surface area contributed by atoms with E-state index in [0.717, 1.165) is 17.5 Å². The van der Waals surface area contributed by atoms with Gasteiger partial charge in [0.1, 0.15) is 0 Å². The van der Waals surface area contributed by atoms with Gasteiger partial charge in [-0.3, -0.25) is 10.1 Å². The maximum atomic E-state index is 10.1. The fourth-order valence-corrected chi connectivity index (χ4v) is 2.32. The van der Waals surface area contributed by atoms with Crippen molar-refractivity contribution in [2.45, 2.75) is 50.0 Å². The molecule has 0 aromatic heterocycles. The van der Waals surface area contributed by atoms with E-state index in [4.69, 9.17) is 0 Å². The number of non-ortho nitro benzene ring substituents is 1. The summed E-state index contributed by atoms with van der Waals surface area (Å²) in [6.07, 6.45) is 7.17. The zero-order valence-electron chi connectivity index (χ0n) is 11.3. The van der Waals surface area contributed by atoms with E-state index < -0.39 is 4.92 Å². The molecule has 1 aromatic carbocycles. The quantitative estimate of drug-likeness (QED) is 0.503. The topological polar surface area (TPSA) is 55.2 Å². The van der Waals surface area contributed by atoms with Gasteiger partial charge in [0.2, 0.25) is 0 Å². The molecule has 0 saturated heterocycles. The molecule has 4 nitrogen and oxygen atoms in total. The monoisotopic (exact) mass is 282 g/mol. The first-order valence-corrected chi connectivity index (χ1v) is 7.25. The smallest absolute Gasteiger partial charge is 0.269 e. The first-order chi connectivity index (χ1) is 9.13. The molecular formula is C14H22N2O2S. The Labute approximate surface area is 120 Å². The lowest BCUT2D eigenvalue weighted by atomic mass is 9.96. The van der Waals surface area contributed by atoms with Crippen LogP contribution in [0.4, 0.5) is 5.69 Å². The average Bonchev–Trinajstić information content (AvgIpc) is 2.41. The van der Waals surface area contributed by atoms with Crippen molar-refractivity contribution in [1.82, 2.24) is 5.32 Å². The average molecular weight is 282 g/mol. The molecule has 0 atom stereocenters.